The Morgan fingerprint density at radius 2 is 1.41 bits per heavy atom. The fraction of sp³-hybridized carbons (Fsp3) is 0.647. The normalized spacial score (nSPS) is 12.7. The molecule has 0 aliphatic heterocycles. The Hall–Kier alpha value is -1.46. The molecule has 1 aromatic carbocycles. The first-order chi connectivity index (χ1) is 10.1. The van der Waals surface area contributed by atoms with Gasteiger partial charge in [-0.25, -0.2) is 0 Å². The van der Waals surface area contributed by atoms with Crippen LogP contribution in [0.4, 0.5) is 5.69 Å². The zero-order chi connectivity index (χ0) is 17.0. The third-order valence-electron chi connectivity index (χ3n) is 4.28. The lowest BCUT2D eigenvalue weighted by Gasteiger charge is -2.37. The van der Waals surface area contributed by atoms with Crippen molar-refractivity contribution in [2.24, 2.45) is 0 Å². The van der Waals surface area contributed by atoms with Crippen molar-refractivity contribution >= 4 is 5.69 Å². The average Bonchev–Trinajstić information content (AvgIpc) is 2.46. The molecule has 0 atom stereocenters. The highest BCUT2D eigenvalue weighted by Gasteiger charge is 2.26. The summed E-state index contributed by atoms with van der Waals surface area (Å²) >= 11 is 0. The molecule has 0 bridgehead atoms. The lowest BCUT2D eigenvalue weighted by molar-refractivity contribution is -0.384. The molecule has 0 aliphatic carbocycles. The Labute approximate surface area is 133 Å². The number of benzene rings is 1. The van der Waals surface area contributed by atoms with Crippen molar-refractivity contribution in [3.8, 4) is 0 Å². The van der Waals surface area contributed by atoms with Crippen LogP contribution in [0.5, 0.6) is 0 Å². The van der Waals surface area contributed by atoms with Gasteiger partial charge in [0.1, 0.15) is 0 Å². The summed E-state index contributed by atoms with van der Waals surface area (Å²) in [5, 5.41) is 18.0. The third-order valence-corrected chi connectivity index (χ3v) is 4.28. The van der Waals surface area contributed by atoms with E-state index >= 15 is 0 Å². The first-order valence-corrected chi connectivity index (χ1v) is 7.90. The van der Waals surface area contributed by atoms with Gasteiger partial charge in [0.15, 0.2) is 0 Å². The molecule has 0 saturated heterocycles. The van der Waals surface area contributed by atoms with E-state index in [1.165, 1.54) is 0 Å². The molecule has 1 rings (SSSR count). The summed E-state index contributed by atoms with van der Waals surface area (Å²) in [5.41, 5.74) is 1.08. The van der Waals surface area contributed by atoms with Gasteiger partial charge in [0.25, 0.3) is 5.69 Å². The standard InChI is InChI=1S/C17H29N3O2/c1-7-16(3,4)18-15(19-17(5,6)8-2)13-9-11-14(12-10-13)20(21)22/h9-12,15,18-19H,7-8H2,1-6H3. The van der Waals surface area contributed by atoms with E-state index in [0.29, 0.717) is 0 Å². The SMILES string of the molecule is CCC(C)(C)NC(NC(C)(C)CC)c1ccc([N+](=O)[O-])cc1. The van der Waals surface area contributed by atoms with E-state index in [9.17, 15) is 10.1 Å². The molecule has 124 valence electrons. The molecule has 0 fully saturated rings. The largest absolute Gasteiger partial charge is 0.293 e. The van der Waals surface area contributed by atoms with E-state index in [-0.39, 0.29) is 27.9 Å². The van der Waals surface area contributed by atoms with E-state index in [1.54, 1.807) is 12.1 Å². The fourth-order valence-electron chi connectivity index (χ4n) is 1.98. The lowest BCUT2D eigenvalue weighted by Crippen LogP contribution is -2.52. The minimum Gasteiger partial charge on any atom is -0.293 e. The molecular formula is C17H29N3O2. The summed E-state index contributed by atoms with van der Waals surface area (Å²) in [5.74, 6) is 0. The summed E-state index contributed by atoms with van der Waals surface area (Å²) in [6.45, 7) is 12.9. The second-order valence-electron chi connectivity index (χ2n) is 7.05. The molecule has 0 radical (unpaired) electrons. The average molecular weight is 307 g/mol. The maximum atomic E-state index is 10.8. The Balaban J connectivity index is 3.05. The monoisotopic (exact) mass is 307 g/mol. The number of non-ortho nitro benzene ring substituents is 1. The van der Waals surface area contributed by atoms with Crippen LogP contribution in [0.25, 0.3) is 0 Å². The number of nitro groups is 1. The predicted octanol–water partition coefficient (Wildman–Crippen LogP) is 4.15. The number of hydrogen-bond donors (Lipinski definition) is 2. The van der Waals surface area contributed by atoms with E-state index in [4.69, 9.17) is 0 Å². The second kappa shape index (κ2) is 7.20. The van der Waals surface area contributed by atoms with Gasteiger partial charge in [-0.1, -0.05) is 13.8 Å². The highest BCUT2D eigenvalue weighted by atomic mass is 16.6. The maximum absolute atomic E-state index is 10.8. The van der Waals surface area contributed by atoms with Gasteiger partial charge in [-0.2, -0.15) is 0 Å². The summed E-state index contributed by atoms with van der Waals surface area (Å²) < 4.78 is 0. The minimum atomic E-state index is -0.369. The molecule has 5 heteroatoms. The van der Waals surface area contributed by atoms with Gasteiger partial charge in [-0.3, -0.25) is 20.7 Å². The molecular weight excluding hydrogens is 278 g/mol. The lowest BCUT2D eigenvalue weighted by atomic mass is 9.97. The van der Waals surface area contributed by atoms with Crippen molar-refractivity contribution in [2.75, 3.05) is 0 Å². The molecule has 0 saturated carbocycles. The molecule has 0 unspecified atom stereocenters. The van der Waals surface area contributed by atoms with Gasteiger partial charge >= 0.3 is 0 Å². The fourth-order valence-corrected chi connectivity index (χ4v) is 1.98. The molecule has 2 N–H and O–H groups in total. The summed E-state index contributed by atoms with van der Waals surface area (Å²) in [6, 6.07) is 6.76. The Morgan fingerprint density at radius 1 is 1.00 bits per heavy atom. The van der Waals surface area contributed by atoms with Gasteiger partial charge in [-0.05, 0) is 58.2 Å². The smallest absolute Gasteiger partial charge is 0.269 e. The van der Waals surface area contributed by atoms with Gasteiger partial charge in [0.05, 0.1) is 11.1 Å². The molecule has 0 spiro atoms. The molecule has 0 aliphatic rings. The van der Waals surface area contributed by atoms with Crippen LogP contribution < -0.4 is 10.6 Å². The van der Waals surface area contributed by atoms with Crippen LogP contribution in [0.15, 0.2) is 24.3 Å². The van der Waals surface area contributed by atoms with Crippen molar-refractivity contribution in [3.63, 3.8) is 0 Å². The predicted molar refractivity (Wildman–Crippen MR) is 90.8 cm³/mol. The Morgan fingerprint density at radius 3 is 1.73 bits per heavy atom. The van der Waals surface area contributed by atoms with Crippen molar-refractivity contribution < 1.29 is 4.92 Å². The number of nitrogens with one attached hydrogen (secondary N) is 2. The first kappa shape index (κ1) is 18.6. The quantitative estimate of drug-likeness (QED) is 0.430. The van der Waals surface area contributed by atoms with Crippen LogP contribution in [0.2, 0.25) is 0 Å². The van der Waals surface area contributed by atoms with Crippen LogP contribution in [-0.4, -0.2) is 16.0 Å². The number of hydrogen-bond acceptors (Lipinski definition) is 4. The van der Waals surface area contributed by atoms with Gasteiger partial charge in [0, 0.05) is 23.2 Å². The summed E-state index contributed by atoms with van der Waals surface area (Å²) in [4.78, 5) is 10.4. The van der Waals surface area contributed by atoms with Crippen molar-refractivity contribution in [1.82, 2.24) is 10.6 Å². The van der Waals surface area contributed by atoms with E-state index in [0.717, 1.165) is 18.4 Å². The topological polar surface area (TPSA) is 67.2 Å². The molecule has 0 amide bonds. The maximum Gasteiger partial charge on any atom is 0.269 e. The number of nitro benzene ring substituents is 1. The molecule has 0 heterocycles. The van der Waals surface area contributed by atoms with Crippen molar-refractivity contribution in [3.05, 3.63) is 39.9 Å². The third kappa shape index (κ3) is 5.39. The zero-order valence-electron chi connectivity index (χ0n) is 14.6. The Kier molecular flexibility index (Phi) is 6.08. The highest BCUT2D eigenvalue weighted by Crippen LogP contribution is 2.23. The van der Waals surface area contributed by atoms with Crippen LogP contribution in [0.3, 0.4) is 0 Å². The van der Waals surface area contributed by atoms with E-state index in [2.05, 4.69) is 52.2 Å². The van der Waals surface area contributed by atoms with Gasteiger partial charge < -0.3 is 0 Å². The zero-order valence-corrected chi connectivity index (χ0v) is 14.6. The molecule has 0 aromatic heterocycles. The molecule has 1 aromatic rings. The summed E-state index contributed by atoms with van der Waals surface area (Å²) in [7, 11) is 0. The van der Waals surface area contributed by atoms with Crippen LogP contribution in [0, 0.1) is 10.1 Å². The number of rotatable bonds is 8. The van der Waals surface area contributed by atoms with Crippen LogP contribution in [-0.2, 0) is 0 Å². The van der Waals surface area contributed by atoms with Crippen LogP contribution >= 0.6 is 0 Å². The number of nitrogens with zero attached hydrogens (tertiary/aromatic N) is 1. The first-order valence-electron chi connectivity index (χ1n) is 7.90. The van der Waals surface area contributed by atoms with Crippen molar-refractivity contribution in [2.45, 2.75) is 71.6 Å². The Bertz CT molecular complexity index is 477. The van der Waals surface area contributed by atoms with Crippen LogP contribution in [0.1, 0.15) is 66.1 Å². The van der Waals surface area contributed by atoms with Gasteiger partial charge in [0.2, 0.25) is 0 Å². The highest BCUT2D eigenvalue weighted by molar-refractivity contribution is 5.34. The molecule has 5 nitrogen and oxygen atoms in total. The second-order valence-corrected chi connectivity index (χ2v) is 7.05. The van der Waals surface area contributed by atoms with E-state index < -0.39 is 0 Å². The minimum absolute atomic E-state index is 0.0245. The van der Waals surface area contributed by atoms with Gasteiger partial charge in [-0.15, -0.1) is 0 Å². The molecule has 22 heavy (non-hydrogen) atoms. The van der Waals surface area contributed by atoms with E-state index in [1.807, 2.05) is 12.1 Å². The summed E-state index contributed by atoms with van der Waals surface area (Å²) in [6.07, 6.45) is 1.93. The van der Waals surface area contributed by atoms with Crippen molar-refractivity contribution in [1.29, 1.82) is 0 Å².